The van der Waals surface area contributed by atoms with Crippen LogP contribution >= 0.6 is 11.8 Å². The minimum absolute atomic E-state index is 0.0526. The number of aliphatic imine (C=N–C) groups is 1. The van der Waals surface area contributed by atoms with Crippen LogP contribution in [0.5, 0.6) is 0 Å². The molecule has 0 aromatic heterocycles. The minimum Gasteiger partial charge on any atom is -0.466 e. The standard InChI is InChI=1S/C28H35N3O5S/c1-6-35-26(33)20-11-9-13-30(15-20)23(32)14-21-16-37-28-29-19(5)24(27(34)36-17(2)3)25(31(21)28)22-12-8-7-10-18(22)4/h7-8,10,12,16-17,20,25H,6,9,11,13-15H2,1-5H3/t20-,25-/m0/s1. The molecule has 0 unspecified atom stereocenters. The molecule has 0 aliphatic carbocycles. The topological polar surface area (TPSA) is 88.5 Å². The number of hydrogen-bond donors (Lipinski definition) is 0. The van der Waals surface area contributed by atoms with Crippen LogP contribution in [0.15, 0.2) is 51.6 Å². The monoisotopic (exact) mass is 525 g/mol. The Morgan fingerprint density at radius 1 is 1.19 bits per heavy atom. The van der Waals surface area contributed by atoms with E-state index in [-0.39, 0.29) is 30.3 Å². The first-order chi connectivity index (χ1) is 17.7. The number of piperidine rings is 1. The lowest BCUT2D eigenvalue weighted by atomic mass is 9.91. The van der Waals surface area contributed by atoms with Gasteiger partial charge in [0.15, 0.2) is 5.17 Å². The second kappa shape index (κ2) is 11.5. The summed E-state index contributed by atoms with van der Waals surface area (Å²) in [5, 5.41) is 2.68. The van der Waals surface area contributed by atoms with Crippen molar-refractivity contribution >= 4 is 34.8 Å². The van der Waals surface area contributed by atoms with Crippen molar-refractivity contribution in [1.82, 2.24) is 9.80 Å². The van der Waals surface area contributed by atoms with Gasteiger partial charge in [-0.2, -0.15) is 0 Å². The molecule has 0 spiro atoms. The molecule has 3 aliphatic heterocycles. The summed E-state index contributed by atoms with van der Waals surface area (Å²) in [6, 6.07) is 7.49. The predicted octanol–water partition coefficient (Wildman–Crippen LogP) is 4.71. The Bertz CT molecular complexity index is 1170. The van der Waals surface area contributed by atoms with E-state index in [0.717, 1.165) is 34.8 Å². The maximum Gasteiger partial charge on any atom is 0.338 e. The van der Waals surface area contributed by atoms with Crippen LogP contribution in [-0.4, -0.2) is 58.6 Å². The average Bonchev–Trinajstić information content (AvgIpc) is 3.25. The number of allylic oxidation sites excluding steroid dienone is 1. The first kappa shape index (κ1) is 27.0. The van der Waals surface area contributed by atoms with Gasteiger partial charge < -0.3 is 19.3 Å². The second-order valence-electron chi connectivity index (χ2n) is 9.81. The van der Waals surface area contributed by atoms with E-state index < -0.39 is 12.0 Å². The Labute approximate surface area is 222 Å². The van der Waals surface area contributed by atoms with Gasteiger partial charge in [-0.3, -0.25) is 9.59 Å². The zero-order valence-corrected chi connectivity index (χ0v) is 23.0. The Kier molecular flexibility index (Phi) is 8.42. The summed E-state index contributed by atoms with van der Waals surface area (Å²) in [5.74, 6) is -0.989. The van der Waals surface area contributed by atoms with Gasteiger partial charge in [-0.05, 0) is 64.0 Å². The number of amidine groups is 1. The van der Waals surface area contributed by atoms with Crippen LogP contribution in [0.4, 0.5) is 0 Å². The maximum absolute atomic E-state index is 13.4. The lowest BCUT2D eigenvalue weighted by Gasteiger charge is -2.38. The SMILES string of the molecule is CCOC(=O)[C@H]1CCCN(C(=O)CC2=CSC3=NC(C)=C(C(=O)OC(C)C)[C@H](c4ccccc4C)N23)C1. The number of carbonyl (C=O) groups is 3. The zero-order chi connectivity index (χ0) is 26.7. The van der Waals surface area contributed by atoms with Crippen molar-refractivity contribution in [1.29, 1.82) is 0 Å². The summed E-state index contributed by atoms with van der Waals surface area (Å²) in [4.78, 5) is 47.5. The number of aryl methyl sites for hydroxylation is 1. The Balaban J connectivity index is 1.62. The molecule has 198 valence electrons. The number of thioether (sulfide) groups is 1. The number of fused-ring (bicyclic) bond motifs is 1. The summed E-state index contributed by atoms with van der Waals surface area (Å²) in [6.07, 6.45) is 1.37. The van der Waals surface area contributed by atoms with Crippen LogP contribution in [0.25, 0.3) is 0 Å². The fourth-order valence-electron chi connectivity index (χ4n) is 5.02. The second-order valence-corrected chi connectivity index (χ2v) is 10.6. The summed E-state index contributed by atoms with van der Waals surface area (Å²) in [5.41, 5.74) is 3.88. The highest BCUT2D eigenvalue weighted by atomic mass is 32.2. The van der Waals surface area contributed by atoms with Crippen molar-refractivity contribution in [3.63, 3.8) is 0 Å². The van der Waals surface area contributed by atoms with Crippen LogP contribution in [-0.2, 0) is 23.9 Å². The molecular weight excluding hydrogens is 490 g/mol. The first-order valence-electron chi connectivity index (χ1n) is 12.9. The van der Waals surface area contributed by atoms with Crippen molar-refractivity contribution in [3.8, 4) is 0 Å². The Morgan fingerprint density at radius 2 is 1.95 bits per heavy atom. The van der Waals surface area contributed by atoms with Gasteiger partial charge in [-0.15, -0.1) is 0 Å². The summed E-state index contributed by atoms with van der Waals surface area (Å²) >= 11 is 1.45. The van der Waals surface area contributed by atoms with Crippen molar-refractivity contribution < 1.29 is 23.9 Å². The third-order valence-electron chi connectivity index (χ3n) is 6.77. The van der Waals surface area contributed by atoms with E-state index in [9.17, 15) is 14.4 Å². The summed E-state index contributed by atoms with van der Waals surface area (Å²) in [7, 11) is 0. The molecule has 2 atom stereocenters. The van der Waals surface area contributed by atoms with E-state index in [2.05, 4.69) is 0 Å². The van der Waals surface area contributed by atoms with Gasteiger partial charge in [0, 0.05) is 18.8 Å². The normalized spacial score (nSPS) is 21.5. The van der Waals surface area contributed by atoms with Crippen LogP contribution in [0.2, 0.25) is 0 Å². The molecule has 1 amide bonds. The fraction of sp³-hybridized carbons (Fsp3) is 0.500. The highest BCUT2D eigenvalue weighted by Gasteiger charge is 2.42. The van der Waals surface area contributed by atoms with Gasteiger partial charge in [0.05, 0.1) is 42.4 Å². The number of esters is 2. The smallest absolute Gasteiger partial charge is 0.338 e. The third kappa shape index (κ3) is 5.76. The maximum atomic E-state index is 13.4. The first-order valence-corrected chi connectivity index (χ1v) is 13.7. The molecule has 0 saturated carbocycles. The number of benzene rings is 1. The molecule has 0 N–H and O–H groups in total. The number of rotatable bonds is 7. The molecule has 0 radical (unpaired) electrons. The van der Waals surface area contributed by atoms with E-state index in [1.807, 2.05) is 62.3 Å². The van der Waals surface area contributed by atoms with E-state index in [1.165, 1.54) is 11.8 Å². The van der Waals surface area contributed by atoms with Gasteiger partial charge >= 0.3 is 11.9 Å². The molecular formula is C28H35N3O5S. The van der Waals surface area contributed by atoms with Gasteiger partial charge in [0.2, 0.25) is 5.91 Å². The van der Waals surface area contributed by atoms with Gasteiger partial charge in [-0.25, -0.2) is 9.79 Å². The molecule has 1 aromatic rings. The van der Waals surface area contributed by atoms with Crippen molar-refractivity contribution in [2.45, 2.75) is 66.0 Å². The lowest BCUT2D eigenvalue weighted by Crippen LogP contribution is -2.44. The van der Waals surface area contributed by atoms with E-state index in [1.54, 1.807) is 11.8 Å². The quantitative estimate of drug-likeness (QED) is 0.476. The van der Waals surface area contributed by atoms with E-state index in [4.69, 9.17) is 14.5 Å². The van der Waals surface area contributed by atoms with Gasteiger partial charge in [-0.1, -0.05) is 36.0 Å². The predicted molar refractivity (Wildman–Crippen MR) is 143 cm³/mol. The number of likely N-dealkylation sites (tertiary alicyclic amines) is 1. The molecule has 3 heterocycles. The largest absolute Gasteiger partial charge is 0.466 e. The van der Waals surface area contributed by atoms with Crippen LogP contribution < -0.4 is 0 Å². The van der Waals surface area contributed by atoms with E-state index >= 15 is 0 Å². The molecule has 1 saturated heterocycles. The fourth-order valence-corrected chi connectivity index (χ4v) is 5.98. The Morgan fingerprint density at radius 3 is 2.65 bits per heavy atom. The highest BCUT2D eigenvalue weighted by Crippen LogP contribution is 2.45. The molecule has 4 rings (SSSR count). The minimum atomic E-state index is -0.456. The molecule has 1 aromatic carbocycles. The van der Waals surface area contributed by atoms with Gasteiger partial charge in [0.25, 0.3) is 0 Å². The molecule has 0 bridgehead atoms. The summed E-state index contributed by atoms with van der Waals surface area (Å²) < 4.78 is 10.8. The number of hydrogen-bond acceptors (Lipinski definition) is 8. The van der Waals surface area contributed by atoms with Crippen LogP contribution in [0.3, 0.4) is 0 Å². The Hall–Kier alpha value is -3.07. The number of amides is 1. The number of nitrogens with zero attached hydrogens (tertiary/aromatic N) is 3. The van der Waals surface area contributed by atoms with Crippen molar-refractivity contribution in [2.75, 3.05) is 19.7 Å². The highest BCUT2D eigenvalue weighted by molar-refractivity contribution is 8.16. The molecule has 3 aliphatic rings. The van der Waals surface area contributed by atoms with Gasteiger partial charge in [0.1, 0.15) is 0 Å². The molecule has 1 fully saturated rings. The van der Waals surface area contributed by atoms with Crippen molar-refractivity contribution in [3.05, 3.63) is 57.8 Å². The van der Waals surface area contributed by atoms with Crippen molar-refractivity contribution in [2.24, 2.45) is 10.9 Å². The van der Waals surface area contributed by atoms with Crippen LogP contribution in [0, 0.1) is 12.8 Å². The molecule has 8 nitrogen and oxygen atoms in total. The molecule has 9 heteroatoms. The number of carbonyl (C=O) groups excluding carboxylic acids is 3. The summed E-state index contributed by atoms with van der Waals surface area (Å²) in [6.45, 7) is 10.6. The zero-order valence-electron chi connectivity index (χ0n) is 22.2. The average molecular weight is 526 g/mol. The third-order valence-corrected chi connectivity index (χ3v) is 7.66. The van der Waals surface area contributed by atoms with E-state index in [0.29, 0.717) is 31.0 Å². The lowest BCUT2D eigenvalue weighted by molar-refractivity contribution is -0.151. The number of ether oxygens (including phenoxy) is 2. The molecule has 37 heavy (non-hydrogen) atoms. The van der Waals surface area contributed by atoms with Crippen LogP contribution in [0.1, 0.15) is 64.1 Å².